The van der Waals surface area contributed by atoms with Crippen LogP contribution in [0.25, 0.3) is 0 Å². The minimum atomic E-state index is 0.160. The summed E-state index contributed by atoms with van der Waals surface area (Å²) in [6, 6.07) is 19.5. The van der Waals surface area contributed by atoms with Crippen LogP contribution >= 0.6 is 27.7 Å². The van der Waals surface area contributed by atoms with E-state index in [1.807, 2.05) is 11.8 Å². The van der Waals surface area contributed by atoms with Gasteiger partial charge in [-0.15, -0.1) is 11.8 Å². The number of halogens is 1. The van der Waals surface area contributed by atoms with Gasteiger partial charge < -0.3 is 0 Å². The maximum Gasteiger partial charge on any atom is 0.0430 e. The lowest BCUT2D eigenvalue weighted by Crippen LogP contribution is -2.22. The third-order valence-corrected chi connectivity index (χ3v) is 5.68. The summed E-state index contributed by atoms with van der Waals surface area (Å²) in [6.45, 7) is 2.35. The van der Waals surface area contributed by atoms with Crippen molar-refractivity contribution in [2.24, 2.45) is 0 Å². The Morgan fingerprint density at radius 2 is 1.75 bits per heavy atom. The molecule has 0 bridgehead atoms. The average Bonchev–Trinajstić information content (AvgIpc) is 2.49. The molecule has 0 aliphatic carbocycles. The molecule has 0 radical (unpaired) electrons. The van der Waals surface area contributed by atoms with Crippen molar-refractivity contribution < 1.29 is 0 Å². The first kappa shape index (κ1) is 14.0. The van der Waals surface area contributed by atoms with E-state index in [0.717, 1.165) is 10.9 Å². The normalized spacial score (nSPS) is 25.6. The van der Waals surface area contributed by atoms with Gasteiger partial charge in [0.25, 0.3) is 0 Å². The fourth-order valence-corrected chi connectivity index (χ4v) is 4.12. The molecule has 2 heteroatoms. The van der Waals surface area contributed by atoms with E-state index < -0.39 is 0 Å². The summed E-state index contributed by atoms with van der Waals surface area (Å²) in [5, 5.41) is 2.27. The molecule has 0 aromatic heterocycles. The Kier molecular flexibility index (Phi) is 4.04. The maximum absolute atomic E-state index is 3.51. The first-order valence-corrected chi connectivity index (χ1v) is 8.50. The monoisotopic (exact) mass is 344 g/mol. The van der Waals surface area contributed by atoms with E-state index in [4.69, 9.17) is 0 Å². The number of allylic oxidation sites excluding steroid dienone is 1. The predicted molar refractivity (Wildman–Crippen MR) is 92.0 cm³/mol. The summed E-state index contributed by atoms with van der Waals surface area (Å²) in [5.41, 5.74) is 2.81. The number of hydrogen-bond donors (Lipinski definition) is 0. The number of rotatable bonds is 2. The SMILES string of the molecule is C[C@]1(c2ccccc2)C[C@@H](c2ccc(Br)cc2)C=CS1. The lowest BCUT2D eigenvalue weighted by atomic mass is 9.85. The van der Waals surface area contributed by atoms with Gasteiger partial charge in [-0.2, -0.15) is 0 Å². The van der Waals surface area contributed by atoms with Crippen molar-refractivity contribution in [1.82, 2.24) is 0 Å². The van der Waals surface area contributed by atoms with E-state index in [0.29, 0.717) is 5.92 Å². The van der Waals surface area contributed by atoms with Crippen LogP contribution in [0.2, 0.25) is 0 Å². The molecule has 102 valence electrons. The molecule has 3 rings (SSSR count). The molecule has 0 amide bonds. The van der Waals surface area contributed by atoms with Crippen LogP contribution in [0.3, 0.4) is 0 Å². The molecule has 0 saturated carbocycles. The summed E-state index contributed by atoms with van der Waals surface area (Å²) >= 11 is 5.44. The molecule has 2 aromatic carbocycles. The molecule has 0 unspecified atom stereocenters. The van der Waals surface area contributed by atoms with Crippen LogP contribution in [0.5, 0.6) is 0 Å². The second-order valence-electron chi connectivity index (χ2n) is 5.41. The van der Waals surface area contributed by atoms with Gasteiger partial charge in [0.1, 0.15) is 0 Å². The third-order valence-electron chi connectivity index (χ3n) is 3.93. The topological polar surface area (TPSA) is 0 Å². The average molecular weight is 345 g/mol. The molecule has 2 aromatic rings. The molecule has 0 nitrogen and oxygen atoms in total. The minimum Gasteiger partial charge on any atom is -0.123 e. The molecular weight excluding hydrogens is 328 g/mol. The Morgan fingerprint density at radius 1 is 1.05 bits per heavy atom. The zero-order valence-corrected chi connectivity index (χ0v) is 13.8. The van der Waals surface area contributed by atoms with E-state index in [-0.39, 0.29) is 4.75 Å². The van der Waals surface area contributed by atoms with Crippen LogP contribution in [0, 0.1) is 0 Å². The van der Waals surface area contributed by atoms with Crippen molar-refractivity contribution in [3.8, 4) is 0 Å². The third kappa shape index (κ3) is 2.87. The second kappa shape index (κ2) is 5.79. The van der Waals surface area contributed by atoms with Crippen molar-refractivity contribution in [2.45, 2.75) is 24.0 Å². The van der Waals surface area contributed by atoms with Crippen LogP contribution in [0.4, 0.5) is 0 Å². The summed E-state index contributed by atoms with van der Waals surface area (Å²) < 4.78 is 1.30. The van der Waals surface area contributed by atoms with Gasteiger partial charge in [-0.25, -0.2) is 0 Å². The molecule has 1 aliphatic rings. The zero-order chi connectivity index (χ0) is 14.0. The minimum absolute atomic E-state index is 0.160. The van der Waals surface area contributed by atoms with E-state index in [9.17, 15) is 0 Å². The van der Waals surface area contributed by atoms with Crippen LogP contribution in [0.1, 0.15) is 30.4 Å². The van der Waals surface area contributed by atoms with Gasteiger partial charge in [0, 0.05) is 15.1 Å². The van der Waals surface area contributed by atoms with E-state index in [1.54, 1.807) is 0 Å². The fraction of sp³-hybridized carbons (Fsp3) is 0.222. The van der Waals surface area contributed by atoms with E-state index in [1.165, 1.54) is 11.1 Å². The highest BCUT2D eigenvalue weighted by Gasteiger charge is 2.32. The van der Waals surface area contributed by atoms with Gasteiger partial charge in [0.2, 0.25) is 0 Å². The lowest BCUT2D eigenvalue weighted by molar-refractivity contribution is 0.575. The maximum atomic E-state index is 3.51. The largest absolute Gasteiger partial charge is 0.123 e. The number of thioether (sulfide) groups is 1. The second-order valence-corrected chi connectivity index (χ2v) is 7.73. The molecule has 1 heterocycles. The first-order valence-electron chi connectivity index (χ1n) is 6.83. The summed E-state index contributed by atoms with van der Waals surface area (Å²) in [5.74, 6) is 0.495. The quantitative estimate of drug-likeness (QED) is 0.634. The number of benzene rings is 2. The van der Waals surface area contributed by atoms with Crippen LogP contribution in [0.15, 0.2) is 70.6 Å². The first-order chi connectivity index (χ1) is 9.67. The molecule has 0 fully saturated rings. The number of hydrogen-bond acceptors (Lipinski definition) is 1. The highest BCUT2D eigenvalue weighted by molar-refractivity contribution is 9.10. The smallest absolute Gasteiger partial charge is 0.0430 e. The van der Waals surface area contributed by atoms with Gasteiger partial charge >= 0.3 is 0 Å². The molecule has 0 saturated heterocycles. The van der Waals surface area contributed by atoms with Crippen molar-refractivity contribution in [1.29, 1.82) is 0 Å². The van der Waals surface area contributed by atoms with Gasteiger partial charge in [0.05, 0.1) is 0 Å². The van der Waals surface area contributed by atoms with Gasteiger partial charge in [-0.05, 0) is 42.0 Å². The summed E-state index contributed by atoms with van der Waals surface area (Å²) in [4.78, 5) is 0. The van der Waals surface area contributed by atoms with Gasteiger partial charge in [0.15, 0.2) is 0 Å². The zero-order valence-electron chi connectivity index (χ0n) is 11.4. The van der Waals surface area contributed by atoms with E-state index in [2.05, 4.69) is 88.9 Å². The highest BCUT2D eigenvalue weighted by Crippen LogP contribution is 2.48. The Balaban J connectivity index is 1.88. The van der Waals surface area contributed by atoms with E-state index >= 15 is 0 Å². The summed E-state index contributed by atoms with van der Waals surface area (Å²) in [7, 11) is 0. The van der Waals surface area contributed by atoms with Crippen LogP contribution in [-0.2, 0) is 4.75 Å². The Labute approximate surface area is 133 Å². The Morgan fingerprint density at radius 3 is 2.45 bits per heavy atom. The van der Waals surface area contributed by atoms with Crippen molar-refractivity contribution in [3.63, 3.8) is 0 Å². The van der Waals surface area contributed by atoms with Gasteiger partial charge in [-0.3, -0.25) is 0 Å². The summed E-state index contributed by atoms with van der Waals surface area (Å²) in [6.07, 6.45) is 3.47. The van der Waals surface area contributed by atoms with Crippen LogP contribution in [-0.4, -0.2) is 0 Å². The Hall–Kier alpha value is -0.990. The fourth-order valence-electron chi connectivity index (χ4n) is 2.74. The van der Waals surface area contributed by atoms with Crippen molar-refractivity contribution in [2.75, 3.05) is 0 Å². The molecular formula is C18H17BrS. The van der Waals surface area contributed by atoms with Crippen molar-refractivity contribution in [3.05, 3.63) is 81.7 Å². The van der Waals surface area contributed by atoms with Crippen LogP contribution < -0.4 is 0 Å². The predicted octanol–water partition coefficient (Wildman–Crippen LogP) is 6.10. The molecule has 2 atom stereocenters. The highest BCUT2D eigenvalue weighted by atomic mass is 79.9. The van der Waals surface area contributed by atoms with Crippen molar-refractivity contribution >= 4 is 27.7 Å². The molecule has 0 spiro atoms. The molecule has 1 aliphatic heterocycles. The lowest BCUT2D eigenvalue weighted by Gasteiger charge is -2.35. The molecule has 20 heavy (non-hydrogen) atoms. The molecule has 0 N–H and O–H groups in total. The van der Waals surface area contributed by atoms with Gasteiger partial charge in [-0.1, -0.05) is 64.5 Å². The standard InChI is InChI=1S/C18H17BrS/c1-18(16-5-3-2-4-6-16)13-15(11-12-20-18)14-7-9-17(19)10-8-14/h2-12,15H,13H2,1H3/t15-,18+/m0/s1. The Bertz CT molecular complexity index is 603.